The molecule has 1 atom stereocenters. The van der Waals surface area contributed by atoms with E-state index in [2.05, 4.69) is 18.8 Å². The highest BCUT2D eigenvalue weighted by atomic mass is 32.1. The summed E-state index contributed by atoms with van der Waals surface area (Å²) in [5, 5.41) is 2.77. The molecule has 0 fully saturated rings. The number of thiazole rings is 1. The number of rotatable bonds is 4. The molecular weight excluding hydrogens is 208 g/mol. The van der Waals surface area contributed by atoms with E-state index < -0.39 is 0 Å². The lowest BCUT2D eigenvalue weighted by Gasteiger charge is -2.23. The molecule has 0 aliphatic carbocycles. The predicted molar refractivity (Wildman–Crippen MR) is 63.3 cm³/mol. The zero-order chi connectivity index (χ0) is 11.4. The Hall–Kier alpha value is -0.900. The Labute approximate surface area is 95.1 Å². The van der Waals surface area contributed by atoms with E-state index in [1.165, 1.54) is 11.3 Å². The first-order chi connectivity index (χ1) is 7.06. The smallest absolute Gasteiger partial charge is 0.273 e. The van der Waals surface area contributed by atoms with Crippen LogP contribution in [0.25, 0.3) is 0 Å². The molecular formula is C11H18N2OS. The summed E-state index contributed by atoms with van der Waals surface area (Å²) in [7, 11) is 1.84. The Morgan fingerprint density at radius 2 is 2.33 bits per heavy atom. The van der Waals surface area contributed by atoms with E-state index in [4.69, 9.17) is 0 Å². The summed E-state index contributed by atoms with van der Waals surface area (Å²) in [6.07, 6.45) is 2.13. The van der Waals surface area contributed by atoms with Crippen molar-refractivity contribution in [3.8, 4) is 0 Å². The summed E-state index contributed by atoms with van der Waals surface area (Å²) in [4.78, 5) is 17.9. The molecule has 0 bridgehead atoms. The number of amides is 1. The minimum atomic E-state index is 0.0281. The van der Waals surface area contributed by atoms with Crippen LogP contribution in [0.4, 0.5) is 0 Å². The highest BCUT2D eigenvalue weighted by Crippen LogP contribution is 2.13. The van der Waals surface area contributed by atoms with Crippen LogP contribution in [0.2, 0.25) is 0 Å². The van der Waals surface area contributed by atoms with Crippen molar-refractivity contribution in [1.82, 2.24) is 9.88 Å². The van der Waals surface area contributed by atoms with E-state index >= 15 is 0 Å². The van der Waals surface area contributed by atoms with Gasteiger partial charge < -0.3 is 4.90 Å². The average Bonchev–Trinajstić information content (AvgIpc) is 2.63. The molecule has 0 saturated carbocycles. The predicted octanol–water partition coefficient (Wildman–Crippen LogP) is 2.71. The fourth-order valence-corrected chi connectivity index (χ4v) is 2.04. The van der Waals surface area contributed by atoms with Crippen LogP contribution in [0.5, 0.6) is 0 Å². The molecule has 4 heteroatoms. The highest BCUT2D eigenvalue weighted by molar-refractivity contribution is 7.09. The van der Waals surface area contributed by atoms with Gasteiger partial charge in [-0.3, -0.25) is 4.79 Å². The number of hydrogen-bond acceptors (Lipinski definition) is 3. The highest BCUT2D eigenvalue weighted by Gasteiger charge is 2.18. The van der Waals surface area contributed by atoms with Crippen LogP contribution in [-0.2, 0) is 0 Å². The summed E-state index contributed by atoms with van der Waals surface area (Å²) in [6.45, 7) is 6.11. The minimum Gasteiger partial charge on any atom is -0.338 e. The number of carbonyl (C=O) groups is 1. The Balaban J connectivity index is 2.68. The lowest BCUT2D eigenvalue weighted by atomic mass is 10.1. The van der Waals surface area contributed by atoms with E-state index in [1.54, 1.807) is 4.90 Å². The first-order valence-electron chi connectivity index (χ1n) is 5.25. The molecule has 1 unspecified atom stereocenters. The van der Waals surface area contributed by atoms with Crippen molar-refractivity contribution in [1.29, 1.82) is 0 Å². The van der Waals surface area contributed by atoms with E-state index in [0.717, 1.165) is 17.8 Å². The lowest BCUT2D eigenvalue weighted by Crippen LogP contribution is -2.35. The van der Waals surface area contributed by atoms with Gasteiger partial charge in [-0.05, 0) is 20.3 Å². The van der Waals surface area contributed by atoms with Gasteiger partial charge in [-0.25, -0.2) is 4.98 Å². The van der Waals surface area contributed by atoms with Crippen LogP contribution >= 0.6 is 11.3 Å². The summed E-state index contributed by atoms with van der Waals surface area (Å²) in [5.74, 6) is 0.0281. The molecule has 1 rings (SSSR count). The van der Waals surface area contributed by atoms with Gasteiger partial charge in [0.15, 0.2) is 0 Å². The Bertz CT molecular complexity index is 335. The normalized spacial score (nSPS) is 12.5. The van der Waals surface area contributed by atoms with Crippen LogP contribution in [0.3, 0.4) is 0 Å². The molecule has 1 heterocycles. The topological polar surface area (TPSA) is 33.2 Å². The summed E-state index contributed by atoms with van der Waals surface area (Å²) < 4.78 is 0. The van der Waals surface area contributed by atoms with Gasteiger partial charge in [0, 0.05) is 18.5 Å². The van der Waals surface area contributed by atoms with Crippen molar-refractivity contribution in [2.75, 3.05) is 7.05 Å². The number of aryl methyl sites for hydroxylation is 1. The van der Waals surface area contributed by atoms with Gasteiger partial charge in [-0.2, -0.15) is 0 Å². The monoisotopic (exact) mass is 226 g/mol. The largest absolute Gasteiger partial charge is 0.338 e. The molecule has 1 aromatic heterocycles. The van der Waals surface area contributed by atoms with Crippen LogP contribution in [0, 0.1) is 6.92 Å². The second kappa shape index (κ2) is 5.26. The van der Waals surface area contributed by atoms with Gasteiger partial charge in [0.1, 0.15) is 5.69 Å². The van der Waals surface area contributed by atoms with Gasteiger partial charge in [0.25, 0.3) is 5.91 Å². The Morgan fingerprint density at radius 1 is 1.67 bits per heavy atom. The Morgan fingerprint density at radius 3 is 2.80 bits per heavy atom. The van der Waals surface area contributed by atoms with Crippen molar-refractivity contribution < 1.29 is 4.79 Å². The van der Waals surface area contributed by atoms with Gasteiger partial charge in [0.05, 0.1) is 5.01 Å². The molecule has 0 aliphatic heterocycles. The zero-order valence-corrected chi connectivity index (χ0v) is 10.6. The van der Waals surface area contributed by atoms with Crippen molar-refractivity contribution in [2.45, 2.75) is 39.7 Å². The van der Waals surface area contributed by atoms with Gasteiger partial charge in [-0.1, -0.05) is 13.3 Å². The summed E-state index contributed by atoms with van der Waals surface area (Å²) >= 11 is 1.52. The lowest BCUT2D eigenvalue weighted by molar-refractivity contribution is 0.0731. The third-order valence-corrected chi connectivity index (χ3v) is 3.30. The van der Waals surface area contributed by atoms with E-state index in [0.29, 0.717) is 5.69 Å². The Kier molecular flexibility index (Phi) is 4.27. The van der Waals surface area contributed by atoms with Crippen LogP contribution in [-0.4, -0.2) is 28.9 Å². The number of nitrogens with zero attached hydrogens (tertiary/aromatic N) is 2. The average molecular weight is 226 g/mol. The molecule has 0 radical (unpaired) electrons. The fourth-order valence-electron chi connectivity index (χ4n) is 1.45. The minimum absolute atomic E-state index is 0.0281. The second-order valence-electron chi connectivity index (χ2n) is 3.81. The van der Waals surface area contributed by atoms with Crippen LogP contribution in [0.15, 0.2) is 5.38 Å². The molecule has 0 aliphatic rings. The van der Waals surface area contributed by atoms with E-state index in [1.807, 2.05) is 19.4 Å². The zero-order valence-electron chi connectivity index (χ0n) is 9.78. The quantitative estimate of drug-likeness (QED) is 0.791. The maximum Gasteiger partial charge on any atom is 0.273 e. The van der Waals surface area contributed by atoms with Crippen LogP contribution < -0.4 is 0 Å². The van der Waals surface area contributed by atoms with Crippen LogP contribution in [0.1, 0.15) is 42.2 Å². The maximum absolute atomic E-state index is 11.9. The molecule has 1 aromatic rings. The third kappa shape index (κ3) is 3.02. The maximum atomic E-state index is 11.9. The summed E-state index contributed by atoms with van der Waals surface area (Å²) in [6, 6.07) is 0.282. The van der Waals surface area contributed by atoms with Crippen molar-refractivity contribution >= 4 is 17.2 Å². The van der Waals surface area contributed by atoms with Crippen molar-refractivity contribution in [3.63, 3.8) is 0 Å². The van der Waals surface area contributed by atoms with Crippen molar-refractivity contribution in [3.05, 3.63) is 16.1 Å². The fraction of sp³-hybridized carbons (Fsp3) is 0.636. The molecule has 3 nitrogen and oxygen atoms in total. The molecule has 84 valence electrons. The molecule has 0 spiro atoms. The molecule has 15 heavy (non-hydrogen) atoms. The van der Waals surface area contributed by atoms with Crippen molar-refractivity contribution in [2.24, 2.45) is 0 Å². The molecule has 1 amide bonds. The van der Waals surface area contributed by atoms with Gasteiger partial charge in [-0.15, -0.1) is 11.3 Å². The van der Waals surface area contributed by atoms with Gasteiger partial charge >= 0.3 is 0 Å². The first-order valence-corrected chi connectivity index (χ1v) is 6.13. The number of aromatic nitrogens is 1. The SMILES string of the molecule is CCCC(C)N(C)C(=O)c1csc(C)n1. The third-order valence-electron chi connectivity index (χ3n) is 2.53. The first kappa shape index (κ1) is 12.2. The second-order valence-corrected chi connectivity index (χ2v) is 4.87. The molecule has 0 aromatic carbocycles. The number of carbonyl (C=O) groups excluding carboxylic acids is 1. The number of hydrogen-bond donors (Lipinski definition) is 0. The van der Waals surface area contributed by atoms with Gasteiger partial charge in [0.2, 0.25) is 0 Å². The molecule has 0 N–H and O–H groups in total. The van der Waals surface area contributed by atoms with E-state index in [-0.39, 0.29) is 11.9 Å². The van der Waals surface area contributed by atoms with E-state index in [9.17, 15) is 4.79 Å². The summed E-state index contributed by atoms with van der Waals surface area (Å²) in [5.41, 5.74) is 0.572. The molecule has 0 saturated heterocycles. The standard InChI is InChI=1S/C11H18N2OS/c1-5-6-8(2)13(4)11(14)10-7-15-9(3)12-10/h7-8H,5-6H2,1-4H3.